The van der Waals surface area contributed by atoms with Gasteiger partial charge in [-0.15, -0.1) is 13.2 Å². The Balaban J connectivity index is 1.50. The molecule has 2 aromatic rings. The summed E-state index contributed by atoms with van der Waals surface area (Å²) in [6.07, 6.45) is 6.27. The minimum absolute atomic E-state index is 0.0711. The molecule has 0 saturated carbocycles. The van der Waals surface area contributed by atoms with E-state index in [1.165, 1.54) is 7.11 Å². The summed E-state index contributed by atoms with van der Waals surface area (Å²) in [6.45, 7) is 12.3. The van der Waals surface area contributed by atoms with Gasteiger partial charge in [0.25, 0.3) is 5.91 Å². The zero-order chi connectivity index (χ0) is 38.1. The molecule has 2 aromatic carbocycles. The molecule has 7 atom stereocenters. The summed E-state index contributed by atoms with van der Waals surface area (Å²) in [4.78, 5) is 60.6. The molecule has 3 fully saturated rings. The van der Waals surface area contributed by atoms with Gasteiger partial charge in [-0.2, -0.15) is 0 Å². The molecule has 0 radical (unpaired) electrons. The van der Waals surface area contributed by atoms with Crippen LogP contribution in [0.2, 0.25) is 0 Å². The van der Waals surface area contributed by atoms with Crippen LogP contribution >= 0.6 is 0 Å². The summed E-state index contributed by atoms with van der Waals surface area (Å²) in [5.41, 5.74) is 2.04. The van der Waals surface area contributed by atoms with Crippen LogP contribution in [-0.2, 0) is 33.4 Å². The standard InChI is InChI=1S/C42H55N3O8/c1-6-8-21-33(47)43-31(27-51-5)37(30-19-12-11-13-20-30)52-41(50)34-32-22-23-42(53-32)35(34)39(48)45(25-14-9-10-15-26-46)38(42)40(49)44(24-7-2)36-28(3)17-16-18-29(36)4/h6-7,11-13,16-20,31-32,34-35,37-38,46H,1-2,8-10,14-15,21-27H2,3-5H3,(H,43,47)/t31-,32+,34-,35-,37-,38+,42-/m0/s1. The number of carbonyl (C=O) groups is 4. The molecular formula is C42H55N3O8. The van der Waals surface area contributed by atoms with Gasteiger partial charge in [-0.25, -0.2) is 0 Å². The number of para-hydroxylation sites is 1. The summed E-state index contributed by atoms with van der Waals surface area (Å²) >= 11 is 0. The predicted octanol–water partition coefficient (Wildman–Crippen LogP) is 5.13. The third kappa shape index (κ3) is 8.27. The number of esters is 1. The fourth-order valence-corrected chi connectivity index (χ4v) is 8.61. The lowest BCUT2D eigenvalue weighted by Crippen LogP contribution is -2.56. The molecule has 286 valence electrons. The Hall–Kier alpha value is -4.32. The molecule has 3 saturated heterocycles. The van der Waals surface area contributed by atoms with Crippen molar-refractivity contribution in [3.05, 3.63) is 90.5 Å². The molecule has 0 aliphatic carbocycles. The largest absolute Gasteiger partial charge is 0.455 e. The van der Waals surface area contributed by atoms with Crippen LogP contribution in [0.15, 0.2) is 73.8 Å². The molecule has 5 rings (SSSR count). The summed E-state index contributed by atoms with van der Waals surface area (Å²) in [5.74, 6) is -3.29. The number of aryl methyl sites for hydroxylation is 2. The fourth-order valence-electron chi connectivity index (χ4n) is 8.61. The van der Waals surface area contributed by atoms with Crippen molar-refractivity contribution in [2.24, 2.45) is 11.8 Å². The Bertz CT molecular complexity index is 1610. The van der Waals surface area contributed by atoms with Gasteiger partial charge < -0.3 is 34.4 Å². The van der Waals surface area contributed by atoms with E-state index in [1.54, 1.807) is 22.0 Å². The van der Waals surface area contributed by atoms with E-state index in [9.17, 15) is 19.5 Å². The number of carbonyl (C=O) groups excluding carboxylic acids is 4. The van der Waals surface area contributed by atoms with Crippen LogP contribution in [0.1, 0.15) is 74.2 Å². The minimum atomic E-state index is -1.23. The van der Waals surface area contributed by atoms with Crippen molar-refractivity contribution in [3.63, 3.8) is 0 Å². The first-order valence-electron chi connectivity index (χ1n) is 18.9. The summed E-state index contributed by atoms with van der Waals surface area (Å²) < 4.78 is 18.6. The van der Waals surface area contributed by atoms with E-state index in [4.69, 9.17) is 14.2 Å². The zero-order valence-electron chi connectivity index (χ0n) is 31.3. The number of methoxy groups -OCH3 is 1. The molecule has 2 N–H and O–H groups in total. The second kappa shape index (κ2) is 18.1. The van der Waals surface area contributed by atoms with E-state index < -0.39 is 47.7 Å². The highest BCUT2D eigenvalue weighted by Gasteiger charge is 2.75. The van der Waals surface area contributed by atoms with Crippen molar-refractivity contribution < 1.29 is 38.5 Å². The monoisotopic (exact) mass is 729 g/mol. The van der Waals surface area contributed by atoms with Crippen LogP contribution in [0.5, 0.6) is 0 Å². The van der Waals surface area contributed by atoms with Crippen LogP contribution < -0.4 is 10.2 Å². The molecule has 2 bridgehead atoms. The number of benzene rings is 2. The van der Waals surface area contributed by atoms with E-state index in [-0.39, 0.29) is 43.9 Å². The van der Waals surface area contributed by atoms with Gasteiger partial charge in [0.1, 0.15) is 17.7 Å². The fraction of sp³-hybridized carbons (Fsp3) is 0.524. The number of hydrogen-bond donors (Lipinski definition) is 2. The highest BCUT2D eigenvalue weighted by atomic mass is 16.6. The third-order valence-corrected chi connectivity index (χ3v) is 10.9. The molecular weight excluding hydrogens is 674 g/mol. The van der Waals surface area contributed by atoms with Crippen molar-refractivity contribution in [1.82, 2.24) is 10.2 Å². The van der Waals surface area contributed by atoms with Gasteiger partial charge in [0.2, 0.25) is 11.8 Å². The Morgan fingerprint density at radius 1 is 1.06 bits per heavy atom. The van der Waals surface area contributed by atoms with Crippen molar-refractivity contribution in [2.45, 2.75) is 95.1 Å². The number of ether oxygens (including phenoxy) is 3. The maximum absolute atomic E-state index is 15.0. The quantitative estimate of drug-likeness (QED) is 0.109. The number of hydrogen-bond acceptors (Lipinski definition) is 8. The molecule has 11 heteroatoms. The average Bonchev–Trinajstić information content (AvgIpc) is 3.79. The lowest BCUT2D eigenvalue weighted by molar-refractivity contribution is -0.163. The number of rotatable bonds is 20. The van der Waals surface area contributed by atoms with Gasteiger partial charge in [0.05, 0.1) is 30.6 Å². The van der Waals surface area contributed by atoms with Crippen LogP contribution in [0.3, 0.4) is 0 Å². The summed E-state index contributed by atoms with van der Waals surface area (Å²) in [5, 5.41) is 12.3. The first kappa shape index (κ1) is 39.9. The highest BCUT2D eigenvalue weighted by Crippen LogP contribution is 2.59. The molecule has 53 heavy (non-hydrogen) atoms. The molecule has 3 aliphatic heterocycles. The normalized spacial score (nSPS) is 24.0. The predicted molar refractivity (Wildman–Crippen MR) is 202 cm³/mol. The molecule has 11 nitrogen and oxygen atoms in total. The number of aliphatic hydroxyl groups is 1. The van der Waals surface area contributed by atoms with Crippen molar-refractivity contribution in [3.8, 4) is 0 Å². The number of amides is 3. The number of aliphatic hydroxyl groups excluding tert-OH is 1. The van der Waals surface area contributed by atoms with Gasteiger partial charge in [-0.3, -0.25) is 19.2 Å². The van der Waals surface area contributed by atoms with Crippen molar-refractivity contribution in [1.29, 1.82) is 0 Å². The van der Waals surface area contributed by atoms with E-state index >= 15 is 4.79 Å². The number of nitrogens with zero attached hydrogens (tertiary/aromatic N) is 2. The molecule has 0 aromatic heterocycles. The molecule has 0 unspecified atom stereocenters. The second-order valence-corrected chi connectivity index (χ2v) is 14.4. The maximum Gasteiger partial charge on any atom is 0.313 e. The molecule has 3 heterocycles. The van der Waals surface area contributed by atoms with Gasteiger partial charge in [0, 0.05) is 38.9 Å². The first-order valence-corrected chi connectivity index (χ1v) is 18.9. The Morgan fingerprint density at radius 2 is 1.77 bits per heavy atom. The minimum Gasteiger partial charge on any atom is -0.455 e. The van der Waals surface area contributed by atoms with Crippen molar-refractivity contribution in [2.75, 3.05) is 38.3 Å². The van der Waals surface area contributed by atoms with Gasteiger partial charge in [-0.1, -0.05) is 73.5 Å². The first-order chi connectivity index (χ1) is 25.6. The lowest BCUT2D eigenvalue weighted by atomic mass is 9.70. The Morgan fingerprint density at radius 3 is 2.43 bits per heavy atom. The number of fused-ring (bicyclic) bond motifs is 1. The van der Waals surface area contributed by atoms with Gasteiger partial charge in [-0.05, 0) is 62.6 Å². The second-order valence-electron chi connectivity index (χ2n) is 14.4. The van der Waals surface area contributed by atoms with E-state index in [2.05, 4.69) is 18.5 Å². The number of likely N-dealkylation sites (tertiary alicyclic amines) is 1. The Labute approximate surface area is 313 Å². The smallest absolute Gasteiger partial charge is 0.313 e. The highest BCUT2D eigenvalue weighted by molar-refractivity contribution is 6.05. The van der Waals surface area contributed by atoms with Gasteiger partial charge in [0.15, 0.2) is 0 Å². The van der Waals surface area contributed by atoms with E-state index in [1.807, 2.05) is 62.4 Å². The SMILES string of the molecule is C=CCCC(=O)N[C@@H](COC)[C@@H](OC(=O)[C@@H]1[C@H]2C(=O)N(CCCCCCO)[C@H](C(=O)N(CC=C)c3c(C)cccc3C)[C@]23CC[C@H]1O3)c1ccccc1. The number of nitrogens with one attached hydrogen (secondary N) is 1. The number of unbranched alkanes of at least 4 members (excludes halogenated alkanes) is 3. The molecule has 3 aliphatic rings. The van der Waals surface area contributed by atoms with Crippen LogP contribution in [0, 0.1) is 25.7 Å². The zero-order valence-corrected chi connectivity index (χ0v) is 31.3. The van der Waals surface area contributed by atoms with Crippen LogP contribution in [0.4, 0.5) is 5.69 Å². The molecule has 1 spiro atoms. The summed E-state index contributed by atoms with van der Waals surface area (Å²) in [6, 6.07) is 13.3. The summed E-state index contributed by atoms with van der Waals surface area (Å²) in [7, 11) is 1.52. The van der Waals surface area contributed by atoms with Crippen LogP contribution in [-0.4, -0.2) is 90.9 Å². The van der Waals surface area contributed by atoms with Crippen molar-refractivity contribution >= 4 is 29.4 Å². The lowest BCUT2D eigenvalue weighted by Gasteiger charge is -2.37. The number of allylic oxidation sites excluding steroid dienone is 1. The third-order valence-electron chi connectivity index (χ3n) is 10.9. The Kier molecular flexibility index (Phi) is 13.6. The van der Waals surface area contributed by atoms with Gasteiger partial charge >= 0.3 is 5.97 Å². The maximum atomic E-state index is 15.0. The van der Waals surface area contributed by atoms with Crippen LogP contribution in [0.25, 0.3) is 0 Å². The topological polar surface area (TPSA) is 135 Å². The number of anilines is 1. The van der Waals surface area contributed by atoms with E-state index in [0.29, 0.717) is 44.2 Å². The average molecular weight is 730 g/mol. The molecule has 3 amide bonds. The van der Waals surface area contributed by atoms with E-state index in [0.717, 1.165) is 29.7 Å².